The first-order valence-corrected chi connectivity index (χ1v) is 13.4. The Kier molecular flexibility index (Phi) is 5.39. The molecule has 0 saturated carbocycles. The number of hydrogen-bond acceptors (Lipinski definition) is 10. The maximum atomic E-state index is 12.7. The monoisotopic (exact) mass is 551 g/mol. The number of halogens is 1. The number of fused-ring (bicyclic) bond motifs is 5. The molecule has 13 heteroatoms. The van der Waals surface area contributed by atoms with Crippen molar-refractivity contribution in [1.29, 1.82) is 0 Å². The van der Waals surface area contributed by atoms with Gasteiger partial charge in [0.05, 0.1) is 48.2 Å². The molecule has 3 aliphatic heterocycles. The molecule has 2 amide bonds. The summed E-state index contributed by atoms with van der Waals surface area (Å²) in [6.45, 7) is 4.68. The van der Waals surface area contributed by atoms with Crippen LogP contribution in [-0.2, 0) is 16.1 Å². The van der Waals surface area contributed by atoms with Gasteiger partial charge in [-0.15, -0.1) is 11.3 Å². The van der Waals surface area contributed by atoms with E-state index in [2.05, 4.69) is 30.6 Å². The molecular weight excluding hydrogens is 530 g/mol. The standard InChI is InChI=1S/C25H22ClN7O4S/c1-12-5-27-20-18-15(38-21(20)22(35)30-12)3-2-14-19(18)28-7-16(31-14)37-23-13(6-29-24(26)32-23)8-33-9-25(4-17(33)34)10-36-11-25/h2-3,6-7,12,27H,4-5,8-11H2,1H3,(H,30,35)/t12-/m1/s1. The number of hydrogen-bond donors (Lipinski definition) is 2. The average Bonchev–Trinajstić information content (AvgIpc) is 3.38. The number of nitrogens with one attached hydrogen (secondary N) is 2. The minimum absolute atomic E-state index is 0.00975. The third kappa shape index (κ3) is 3.91. The van der Waals surface area contributed by atoms with Crippen LogP contribution >= 0.6 is 22.9 Å². The number of carbonyl (C=O) groups excluding carboxylic acids is 2. The highest BCUT2D eigenvalue weighted by atomic mass is 35.5. The summed E-state index contributed by atoms with van der Waals surface area (Å²) >= 11 is 7.51. The van der Waals surface area contributed by atoms with Gasteiger partial charge in [-0.3, -0.25) is 9.59 Å². The van der Waals surface area contributed by atoms with Crippen molar-refractivity contribution < 1.29 is 19.1 Å². The number of nitrogens with zero attached hydrogens (tertiary/aromatic N) is 5. The van der Waals surface area contributed by atoms with Gasteiger partial charge < -0.3 is 25.0 Å². The Labute approximate surface area is 225 Å². The zero-order chi connectivity index (χ0) is 26.0. The molecular formula is C25H22ClN7O4S. The number of thiophene rings is 1. The molecule has 11 nitrogen and oxygen atoms in total. The van der Waals surface area contributed by atoms with Crippen molar-refractivity contribution in [3.05, 3.63) is 40.3 Å². The van der Waals surface area contributed by atoms with Gasteiger partial charge >= 0.3 is 0 Å². The molecule has 1 aromatic carbocycles. The van der Waals surface area contributed by atoms with E-state index in [1.165, 1.54) is 17.5 Å². The Hall–Kier alpha value is -3.61. The molecule has 0 bridgehead atoms. The van der Waals surface area contributed by atoms with Gasteiger partial charge in [0, 0.05) is 47.3 Å². The Bertz CT molecular complexity index is 1640. The van der Waals surface area contributed by atoms with Gasteiger partial charge in [0.25, 0.3) is 5.91 Å². The molecule has 3 aromatic heterocycles. The van der Waals surface area contributed by atoms with Crippen LogP contribution < -0.4 is 15.4 Å². The fraction of sp³-hybridized carbons (Fsp3) is 0.360. The minimum Gasteiger partial charge on any atom is -0.418 e. The zero-order valence-corrected chi connectivity index (χ0v) is 21.9. The molecule has 3 aliphatic rings. The molecule has 7 rings (SSSR count). The van der Waals surface area contributed by atoms with Gasteiger partial charge in [0.2, 0.25) is 23.0 Å². The number of benzene rings is 1. The fourth-order valence-corrected chi connectivity index (χ4v) is 6.42. The van der Waals surface area contributed by atoms with Gasteiger partial charge in [-0.2, -0.15) is 4.98 Å². The van der Waals surface area contributed by atoms with Crippen molar-refractivity contribution in [3.8, 4) is 11.8 Å². The lowest BCUT2D eigenvalue weighted by molar-refractivity contribution is -0.130. The second kappa shape index (κ2) is 8.72. The summed E-state index contributed by atoms with van der Waals surface area (Å²) in [5, 5.41) is 7.27. The Morgan fingerprint density at radius 3 is 2.89 bits per heavy atom. The van der Waals surface area contributed by atoms with Crippen LogP contribution in [0.5, 0.6) is 11.8 Å². The van der Waals surface area contributed by atoms with Gasteiger partial charge in [0.15, 0.2) is 0 Å². The second-order valence-electron chi connectivity index (χ2n) is 10.1. The van der Waals surface area contributed by atoms with E-state index in [-0.39, 0.29) is 40.3 Å². The first-order chi connectivity index (χ1) is 18.4. The van der Waals surface area contributed by atoms with Crippen molar-refractivity contribution in [2.75, 3.05) is 31.6 Å². The summed E-state index contributed by atoms with van der Waals surface area (Å²) in [6, 6.07) is 3.79. The van der Waals surface area contributed by atoms with Crippen LogP contribution in [0.3, 0.4) is 0 Å². The highest BCUT2D eigenvalue weighted by molar-refractivity contribution is 7.21. The molecule has 0 radical (unpaired) electrons. The number of rotatable bonds is 4. The van der Waals surface area contributed by atoms with Crippen LogP contribution in [-0.4, -0.2) is 69.0 Å². The van der Waals surface area contributed by atoms with Crippen LogP contribution in [0, 0.1) is 5.41 Å². The number of ether oxygens (including phenoxy) is 2. The van der Waals surface area contributed by atoms with Crippen molar-refractivity contribution in [2.24, 2.45) is 5.41 Å². The lowest BCUT2D eigenvalue weighted by Crippen LogP contribution is -2.44. The summed E-state index contributed by atoms with van der Waals surface area (Å²) < 4.78 is 12.3. The molecule has 38 heavy (non-hydrogen) atoms. The van der Waals surface area contributed by atoms with Gasteiger partial charge in [-0.25, -0.2) is 15.0 Å². The third-order valence-electron chi connectivity index (χ3n) is 7.09. The minimum atomic E-state index is -0.0971. The van der Waals surface area contributed by atoms with E-state index < -0.39 is 0 Å². The largest absolute Gasteiger partial charge is 0.418 e. The molecule has 4 aromatic rings. The highest BCUT2D eigenvalue weighted by Crippen LogP contribution is 2.41. The number of carbonyl (C=O) groups is 2. The van der Waals surface area contributed by atoms with Crippen LogP contribution in [0.2, 0.25) is 5.28 Å². The second-order valence-corrected chi connectivity index (χ2v) is 11.5. The van der Waals surface area contributed by atoms with E-state index in [9.17, 15) is 9.59 Å². The third-order valence-corrected chi connectivity index (χ3v) is 8.43. The van der Waals surface area contributed by atoms with Gasteiger partial charge in [-0.1, -0.05) is 0 Å². The molecule has 6 heterocycles. The highest BCUT2D eigenvalue weighted by Gasteiger charge is 2.48. The summed E-state index contributed by atoms with van der Waals surface area (Å²) in [5.74, 6) is 0.413. The van der Waals surface area contributed by atoms with E-state index in [1.807, 2.05) is 19.1 Å². The zero-order valence-electron chi connectivity index (χ0n) is 20.3. The van der Waals surface area contributed by atoms with Crippen molar-refractivity contribution in [2.45, 2.75) is 25.9 Å². The molecule has 2 saturated heterocycles. The Balaban J connectivity index is 1.21. The van der Waals surface area contributed by atoms with E-state index in [4.69, 9.17) is 21.1 Å². The molecule has 0 unspecified atom stereocenters. The first-order valence-electron chi connectivity index (χ1n) is 12.2. The molecule has 2 N–H and O–H groups in total. The number of anilines is 1. The fourth-order valence-electron chi connectivity index (χ4n) is 5.21. The number of amides is 2. The molecule has 0 aliphatic carbocycles. The Morgan fingerprint density at radius 1 is 1.24 bits per heavy atom. The predicted molar refractivity (Wildman–Crippen MR) is 141 cm³/mol. The molecule has 1 spiro atoms. The molecule has 2 fully saturated rings. The summed E-state index contributed by atoms with van der Waals surface area (Å²) in [4.78, 5) is 45.4. The van der Waals surface area contributed by atoms with Crippen LogP contribution in [0.1, 0.15) is 28.6 Å². The molecule has 194 valence electrons. The topological polar surface area (TPSA) is 131 Å². The summed E-state index contributed by atoms with van der Waals surface area (Å²) in [6.07, 6.45) is 3.56. The average molecular weight is 552 g/mol. The number of aromatic nitrogens is 4. The normalized spacial score (nSPS) is 20.3. The van der Waals surface area contributed by atoms with Crippen LogP contribution in [0.25, 0.3) is 21.1 Å². The summed E-state index contributed by atoms with van der Waals surface area (Å²) in [7, 11) is 0. The van der Waals surface area contributed by atoms with Gasteiger partial charge in [-0.05, 0) is 30.7 Å². The lowest BCUT2D eigenvalue weighted by atomic mass is 9.85. The van der Waals surface area contributed by atoms with E-state index >= 15 is 0 Å². The van der Waals surface area contributed by atoms with Crippen molar-refractivity contribution in [1.82, 2.24) is 30.2 Å². The number of likely N-dealkylation sites (tertiary alicyclic amines) is 1. The SMILES string of the molecule is C[C@@H]1CNc2c(sc3ccc4nc(Oc5nc(Cl)ncc5CN5CC6(COC6)CC5=O)cnc4c23)C(=O)N1. The van der Waals surface area contributed by atoms with Crippen LogP contribution in [0.15, 0.2) is 24.5 Å². The summed E-state index contributed by atoms with van der Waals surface area (Å²) in [5.41, 5.74) is 2.57. The van der Waals surface area contributed by atoms with Crippen molar-refractivity contribution in [3.63, 3.8) is 0 Å². The predicted octanol–water partition coefficient (Wildman–Crippen LogP) is 3.37. The first kappa shape index (κ1) is 23.5. The van der Waals surface area contributed by atoms with E-state index in [0.717, 1.165) is 15.8 Å². The van der Waals surface area contributed by atoms with E-state index in [0.29, 0.717) is 60.7 Å². The van der Waals surface area contributed by atoms with Gasteiger partial charge in [0.1, 0.15) is 4.88 Å². The maximum absolute atomic E-state index is 12.7. The quantitative estimate of drug-likeness (QED) is 0.366. The lowest BCUT2D eigenvalue weighted by Gasteiger charge is -2.37. The van der Waals surface area contributed by atoms with Crippen LogP contribution in [0.4, 0.5) is 5.69 Å². The molecule has 1 atom stereocenters. The van der Waals surface area contributed by atoms with Crippen molar-refractivity contribution >= 4 is 61.6 Å². The Morgan fingerprint density at radius 2 is 2.11 bits per heavy atom. The van der Waals surface area contributed by atoms with E-state index in [1.54, 1.807) is 11.1 Å². The smallest absolute Gasteiger partial charge is 0.263 e. The maximum Gasteiger partial charge on any atom is 0.263 e.